The lowest BCUT2D eigenvalue weighted by Crippen LogP contribution is -2.18. The molecule has 0 radical (unpaired) electrons. The Bertz CT molecular complexity index is 543. The van der Waals surface area contributed by atoms with E-state index in [4.69, 9.17) is 4.98 Å². The first-order valence-electron chi connectivity index (χ1n) is 8.46. The van der Waals surface area contributed by atoms with Crippen LogP contribution < -0.4 is 5.32 Å². The first kappa shape index (κ1) is 17.2. The summed E-state index contributed by atoms with van der Waals surface area (Å²) in [6.45, 7) is 8.85. The van der Waals surface area contributed by atoms with Gasteiger partial charge in [-0.3, -0.25) is 0 Å². The van der Waals surface area contributed by atoms with Crippen molar-refractivity contribution in [1.82, 2.24) is 10.3 Å². The van der Waals surface area contributed by atoms with Gasteiger partial charge in [0.15, 0.2) is 0 Å². The number of benzene rings is 1. The maximum atomic E-state index is 4.77. The minimum Gasteiger partial charge on any atom is -0.316 e. The molecule has 0 atom stereocenters. The highest BCUT2D eigenvalue weighted by Gasteiger charge is 2.05. The van der Waals surface area contributed by atoms with Crippen molar-refractivity contribution in [2.75, 3.05) is 13.1 Å². The third-order valence-electron chi connectivity index (χ3n) is 3.90. The van der Waals surface area contributed by atoms with Crippen LogP contribution in [0.3, 0.4) is 0 Å². The normalized spacial score (nSPS) is 11.3. The van der Waals surface area contributed by atoms with Crippen LogP contribution >= 0.6 is 11.3 Å². The van der Waals surface area contributed by atoms with Gasteiger partial charge in [-0.15, -0.1) is 11.3 Å². The Morgan fingerprint density at radius 2 is 1.86 bits per heavy atom. The first-order chi connectivity index (χ1) is 10.7. The molecule has 0 fully saturated rings. The molecule has 0 saturated carbocycles. The van der Waals surface area contributed by atoms with Crippen molar-refractivity contribution in [3.63, 3.8) is 0 Å². The van der Waals surface area contributed by atoms with Crippen molar-refractivity contribution in [2.24, 2.45) is 0 Å². The zero-order valence-electron chi connectivity index (χ0n) is 14.1. The van der Waals surface area contributed by atoms with Gasteiger partial charge in [-0.25, -0.2) is 4.98 Å². The summed E-state index contributed by atoms with van der Waals surface area (Å²) in [6, 6.07) is 8.82. The van der Waals surface area contributed by atoms with Crippen LogP contribution in [0.15, 0.2) is 29.6 Å². The molecule has 2 rings (SSSR count). The van der Waals surface area contributed by atoms with E-state index in [0.29, 0.717) is 5.92 Å². The van der Waals surface area contributed by atoms with Gasteiger partial charge in [-0.1, -0.05) is 57.9 Å². The molecule has 1 aromatic carbocycles. The van der Waals surface area contributed by atoms with Crippen LogP contribution in [-0.2, 0) is 6.42 Å². The summed E-state index contributed by atoms with van der Waals surface area (Å²) in [7, 11) is 0. The topological polar surface area (TPSA) is 24.9 Å². The van der Waals surface area contributed by atoms with E-state index in [0.717, 1.165) is 25.2 Å². The van der Waals surface area contributed by atoms with Crippen LogP contribution in [0.4, 0.5) is 0 Å². The number of aromatic nitrogens is 1. The lowest BCUT2D eigenvalue weighted by atomic mass is 10.0. The minimum atomic E-state index is 0.582. The van der Waals surface area contributed by atoms with Crippen LogP contribution in [0.5, 0.6) is 0 Å². The third-order valence-corrected chi connectivity index (χ3v) is 4.81. The fourth-order valence-corrected chi connectivity index (χ4v) is 3.22. The number of hydrogen-bond acceptors (Lipinski definition) is 3. The SMILES string of the molecule is CCCCCNCCc1nc(-c2ccc(C(C)C)cc2)cs1. The van der Waals surface area contributed by atoms with Crippen molar-refractivity contribution in [3.05, 3.63) is 40.2 Å². The van der Waals surface area contributed by atoms with E-state index in [1.54, 1.807) is 11.3 Å². The Labute approximate surface area is 139 Å². The van der Waals surface area contributed by atoms with Crippen LogP contribution in [-0.4, -0.2) is 18.1 Å². The van der Waals surface area contributed by atoms with Gasteiger partial charge in [-0.05, 0) is 24.4 Å². The van der Waals surface area contributed by atoms with Gasteiger partial charge in [-0.2, -0.15) is 0 Å². The second-order valence-electron chi connectivity index (χ2n) is 6.11. The van der Waals surface area contributed by atoms with Crippen molar-refractivity contribution >= 4 is 11.3 Å². The number of thiazole rings is 1. The molecule has 0 saturated heterocycles. The van der Waals surface area contributed by atoms with Gasteiger partial charge in [0.05, 0.1) is 10.7 Å². The van der Waals surface area contributed by atoms with E-state index < -0.39 is 0 Å². The monoisotopic (exact) mass is 316 g/mol. The lowest BCUT2D eigenvalue weighted by Gasteiger charge is -2.05. The van der Waals surface area contributed by atoms with Gasteiger partial charge in [0, 0.05) is 23.9 Å². The quantitative estimate of drug-likeness (QED) is 0.639. The Balaban J connectivity index is 1.83. The van der Waals surface area contributed by atoms with E-state index in [1.807, 2.05) is 0 Å². The molecule has 0 aliphatic carbocycles. The number of nitrogens with zero attached hydrogens (tertiary/aromatic N) is 1. The summed E-state index contributed by atoms with van der Waals surface area (Å²) < 4.78 is 0. The molecule has 22 heavy (non-hydrogen) atoms. The molecule has 1 N–H and O–H groups in total. The Kier molecular flexibility index (Phi) is 7.07. The number of nitrogens with one attached hydrogen (secondary N) is 1. The van der Waals surface area contributed by atoms with Crippen molar-refractivity contribution in [1.29, 1.82) is 0 Å². The van der Waals surface area contributed by atoms with Gasteiger partial charge < -0.3 is 5.32 Å². The summed E-state index contributed by atoms with van der Waals surface area (Å²) in [5, 5.41) is 6.91. The molecule has 0 amide bonds. The number of rotatable bonds is 9. The molecule has 0 aliphatic rings. The second-order valence-corrected chi connectivity index (χ2v) is 7.05. The molecule has 3 heteroatoms. The molecular weight excluding hydrogens is 288 g/mol. The van der Waals surface area contributed by atoms with E-state index in [-0.39, 0.29) is 0 Å². The highest BCUT2D eigenvalue weighted by Crippen LogP contribution is 2.24. The summed E-state index contributed by atoms with van der Waals surface area (Å²) in [4.78, 5) is 4.77. The molecular formula is C19H28N2S. The predicted molar refractivity (Wildman–Crippen MR) is 97.7 cm³/mol. The molecule has 1 heterocycles. The summed E-state index contributed by atoms with van der Waals surface area (Å²) in [6.07, 6.45) is 4.91. The van der Waals surface area contributed by atoms with Gasteiger partial charge >= 0.3 is 0 Å². The second kappa shape index (κ2) is 9.06. The predicted octanol–water partition coefficient (Wildman–Crippen LogP) is 5.26. The minimum absolute atomic E-state index is 0.582. The van der Waals surface area contributed by atoms with E-state index in [9.17, 15) is 0 Å². The maximum Gasteiger partial charge on any atom is 0.0945 e. The largest absolute Gasteiger partial charge is 0.316 e. The molecule has 1 aromatic heterocycles. The molecule has 2 nitrogen and oxygen atoms in total. The van der Waals surface area contributed by atoms with Crippen molar-refractivity contribution in [3.8, 4) is 11.3 Å². The zero-order valence-corrected chi connectivity index (χ0v) is 14.9. The van der Waals surface area contributed by atoms with Gasteiger partial charge in [0.25, 0.3) is 0 Å². The molecule has 0 spiro atoms. The maximum absolute atomic E-state index is 4.77. The van der Waals surface area contributed by atoms with E-state index >= 15 is 0 Å². The smallest absolute Gasteiger partial charge is 0.0945 e. The molecule has 0 bridgehead atoms. The van der Waals surface area contributed by atoms with Crippen LogP contribution in [0.2, 0.25) is 0 Å². The highest BCUT2D eigenvalue weighted by molar-refractivity contribution is 7.09. The summed E-state index contributed by atoms with van der Waals surface area (Å²) in [5.74, 6) is 0.582. The molecule has 0 unspecified atom stereocenters. The van der Waals surface area contributed by atoms with Gasteiger partial charge in [0.1, 0.15) is 0 Å². The third kappa shape index (κ3) is 5.22. The lowest BCUT2D eigenvalue weighted by molar-refractivity contribution is 0.616. The Morgan fingerprint density at radius 1 is 1.09 bits per heavy atom. The fourth-order valence-electron chi connectivity index (χ4n) is 2.42. The van der Waals surface area contributed by atoms with Crippen LogP contribution in [0.25, 0.3) is 11.3 Å². The summed E-state index contributed by atoms with van der Waals surface area (Å²) in [5.41, 5.74) is 3.72. The van der Waals surface area contributed by atoms with Crippen molar-refractivity contribution in [2.45, 2.75) is 52.4 Å². The first-order valence-corrected chi connectivity index (χ1v) is 9.34. The fraction of sp³-hybridized carbons (Fsp3) is 0.526. The number of unbranched alkanes of at least 4 members (excludes halogenated alkanes) is 2. The standard InChI is InChI=1S/C19H28N2S/c1-4-5-6-12-20-13-11-19-21-18(14-22-19)17-9-7-16(8-10-17)15(2)3/h7-10,14-15,20H,4-6,11-13H2,1-3H3. The highest BCUT2D eigenvalue weighted by atomic mass is 32.1. The average Bonchev–Trinajstić information content (AvgIpc) is 3.00. The zero-order chi connectivity index (χ0) is 15.8. The number of hydrogen-bond donors (Lipinski definition) is 1. The van der Waals surface area contributed by atoms with Gasteiger partial charge in [0.2, 0.25) is 0 Å². The molecule has 120 valence electrons. The van der Waals surface area contributed by atoms with Crippen molar-refractivity contribution < 1.29 is 0 Å². The van der Waals surface area contributed by atoms with E-state index in [1.165, 1.54) is 35.4 Å². The summed E-state index contributed by atoms with van der Waals surface area (Å²) >= 11 is 1.77. The Hall–Kier alpha value is -1.19. The van der Waals surface area contributed by atoms with E-state index in [2.05, 4.69) is 55.7 Å². The Morgan fingerprint density at radius 3 is 2.55 bits per heavy atom. The average molecular weight is 317 g/mol. The molecule has 2 aromatic rings. The molecule has 0 aliphatic heterocycles. The van der Waals surface area contributed by atoms with Crippen LogP contribution in [0.1, 0.15) is 56.5 Å². The van der Waals surface area contributed by atoms with Crippen LogP contribution in [0, 0.1) is 0 Å².